The van der Waals surface area contributed by atoms with Crippen LogP contribution in [0.3, 0.4) is 0 Å². The summed E-state index contributed by atoms with van der Waals surface area (Å²) in [5.74, 6) is 0.400. The molecule has 0 saturated carbocycles. The van der Waals surface area contributed by atoms with Crippen LogP contribution in [0.5, 0.6) is 0 Å². The van der Waals surface area contributed by atoms with Gasteiger partial charge in [-0.05, 0) is 31.9 Å². The number of aryl methyl sites for hydroxylation is 1. The van der Waals surface area contributed by atoms with Gasteiger partial charge in [0, 0.05) is 34.9 Å². The quantitative estimate of drug-likeness (QED) is 0.633. The summed E-state index contributed by atoms with van der Waals surface area (Å²) in [6, 6.07) is 11.9. The van der Waals surface area contributed by atoms with E-state index in [1.807, 2.05) is 49.6 Å². The van der Waals surface area contributed by atoms with Gasteiger partial charge in [-0.3, -0.25) is 4.79 Å². The second-order valence-electron chi connectivity index (χ2n) is 7.78. The van der Waals surface area contributed by atoms with Crippen LogP contribution in [-0.4, -0.2) is 35.4 Å². The SMILES string of the molecule is Cc1cc(-c2csc(CC(=O)NCc3ccccc3)n2)c(C)n1[C@H]1CCS(=O)(=O)C1. The number of rotatable bonds is 6. The van der Waals surface area contributed by atoms with Crippen molar-refractivity contribution < 1.29 is 13.2 Å². The fraction of sp³-hybridized carbons (Fsp3) is 0.364. The Morgan fingerprint density at radius 2 is 2.03 bits per heavy atom. The predicted molar refractivity (Wildman–Crippen MR) is 119 cm³/mol. The van der Waals surface area contributed by atoms with Crippen LogP contribution in [0.15, 0.2) is 41.8 Å². The van der Waals surface area contributed by atoms with Crippen LogP contribution in [-0.2, 0) is 27.6 Å². The van der Waals surface area contributed by atoms with Gasteiger partial charge in [0.05, 0.1) is 23.6 Å². The molecule has 0 radical (unpaired) electrons. The molecule has 6 nitrogen and oxygen atoms in total. The minimum Gasteiger partial charge on any atom is -0.352 e. The summed E-state index contributed by atoms with van der Waals surface area (Å²) in [6.45, 7) is 4.52. The molecule has 0 bridgehead atoms. The molecule has 3 heterocycles. The van der Waals surface area contributed by atoms with E-state index >= 15 is 0 Å². The number of amides is 1. The summed E-state index contributed by atoms with van der Waals surface area (Å²) < 4.78 is 25.9. The molecule has 1 aromatic carbocycles. The Morgan fingerprint density at radius 3 is 2.73 bits per heavy atom. The number of nitrogens with zero attached hydrogens (tertiary/aromatic N) is 2. The van der Waals surface area contributed by atoms with Gasteiger partial charge in [-0.2, -0.15) is 0 Å². The van der Waals surface area contributed by atoms with Gasteiger partial charge in [0.25, 0.3) is 0 Å². The predicted octanol–water partition coefficient (Wildman–Crippen LogP) is 3.45. The number of aromatic nitrogens is 2. The molecule has 1 N–H and O–H groups in total. The van der Waals surface area contributed by atoms with E-state index < -0.39 is 9.84 Å². The third-order valence-electron chi connectivity index (χ3n) is 5.53. The molecule has 0 spiro atoms. The van der Waals surface area contributed by atoms with E-state index in [4.69, 9.17) is 0 Å². The van der Waals surface area contributed by atoms with Gasteiger partial charge >= 0.3 is 0 Å². The van der Waals surface area contributed by atoms with Crippen molar-refractivity contribution in [3.05, 3.63) is 63.7 Å². The minimum absolute atomic E-state index is 0.00868. The molecule has 1 aliphatic rings. The summed E-state index contributed by atoms with van der Waals surface area (Å²) in [4.78, 5) is 17.0. The molecule has 0 unspecified atom stereocenters. The molecule has 1 atom stereocenters. The molecule has 1 aliphatic heterocycles. The molecule has 1 saturated heterocycles. The molecule has 1 fully saturated rings. The van der Waals surface area contributed by atoms with Crippen LogP contribution in [0.2, 0.25) is 0 Å². The maximum Gasteiger partial charge on any atom is 0.227 e. The Morgan fingerprint density at radius 1 is 1.27 bits per heavy atom. The van der Waals surface area contributed by atoms with Crippen LogP contribution in [0.4, 0.5) is 0 Å². The van der Waals surface area contributed by atoms with Gasteiger partial charge in [0.2, 0.25) is 5.91 Å². The van der Waals surface area contributed by atoms with Crippen LogP contribution >= 0.6 is 11.3 Å². The Kier molecular flexibility index (Phi) is 5.79. The number of thiazole rings is 1. The lowest BCUT2D eigenvalue weighted by molar-refractivity contribution is -0.120. The number of carbonyl (C=O) groups excluding carboxylic acids is 1. The number of hydrogen-bond donors (Lipinski definition) is 1. The number of carbonyl (C=O) groups is 1. The van der Waals surface area contributed by atoms with Gasteiger partial charge < -0.3 is 9.88 Å². The second-order valence-corrected chi connectivity index (χ2v) is 10.9. The second kappa shape index (κ2) is 8.35. The van der Waals surface area contributed by atoms with Crippen molar-refractivity contribution in [1.82, 2.24) is 14.9 Å². The van der Waals surface area contributed by atoms with Gasteiger partial charge in [0.15, 0.2) is 9.84 Å². The zero-order valence-electron chi connectivity index (χ0n) is 17.1. The largest absolute Gasteiger partial charge is 0.352 e. The van der Waals surface area contributed by atoms with E-state index in [0.717, 1.165) is 33.2 Å². The highest BCUT2D eigenvalue weighted by Gasteiger charge is 2.31. The first kappa shape index (κ1) is 20.8. The molecule has 3 aromatic rings. The van der Waals surface area contributed by atoms with Crippen molar-refractivity contribution >= 4 is 27.1 Å². The van der Waals surface area contributed by atoms with Crippen LogP contribution in [0.1, 0.15) is 34.4 Å². The van der Waals surface area contributed by atoms with Crippen LogP contribution < -0.4 is 5.32 Å². The first-order valence-electron chi connectivity index (χ1n) is 9.96. The van der Waals surface area contributed by atoms with Gasteiger partial charge in [-0.15, -0.1) is 11.3 Å². The Bertz CT molecular complexity index is 1160. The van der Waals surface area contributed by atoms with E-state index in [2.05, 4.69) is 20.9 Å². The highest BCUT2D eigenvalue weighted by molar-refractivity contribution is 7.91. The third kappa shape index (κ3) is 4.49. The van der Waals surface area contributed by atoms with E-state index in [0.29, 0.717) is 13.0 Å². The van der Waals surface area contributed by atoms with Crippen molar-refractivity contribution in [1.29, 1.82) is 0 Å². The Labute approximate surface area is 180 Å². The first-order chi connectivity index (χ1) is 14.3. The molecule has 2 aromatic heterocycles. The summed E-state index contributed by atoms with van der Waals surface area (Å²) in [7, 11) is -2.95. The monoisotopic (exact) mass is 443 g/mol. The highest BCUT2D eigenvalue weighted by atomic mass is 32.2. The zero-order chi connectivity index (χ0) is 21.3. The summed E-state index contributed by atoms with van der Waals surface area (Å²) in [5, 5.41) is 5.67. The van der Waals surface area contributed by atoms with Gasteiger partial charge in [0.1, 0.15) is 5.01 Å². The highest BCUT2D eigenvalue weighted by Crippen LogP contribution is 2.34. The normalized spacial score (nSPS) is 17.9. The fourth-order valence-corrected chi connectivity index (χ4v) is 6.58. The maximum absolute atomic E-state index is 12.3. The molecule has 4 rings (SSSR count). The van der Waals surface area contributed by atoms with Crippen molar-refractivity contribution in [2.45, 2.75) is 39.3 Å². The Balaban J connectivity index is 1.45. The summed E-state index contributed by atoms with van der Waals surface area (Å²) >= 11 is 1.47. The van der Waals surface area contributed by atoms with Crippen LogP contribution in [0.25, 0.3) is 11.3 Å². The van der Waals surface area contributed by atoms with Crippen molar-refractivity contribution in [2.24, 2.45) is 0 Å². The zero-order valence-corrected chi connectivity index (χ0v) is 18.7. The van der Waals surface area contributed by atoms with E-state index in [-0.39, 0.29) is 29.9 Å². The van der Waals surface area contributed by atoms with Crippen molar-refractivity contribution in [3.63, 3.8) is 0 Å². The maximum atomic E-state index is 12.3. The van der Waals surface area contributed by atoms with Gasteiger partial charge in [-0.1, -0.05) is 30.3 Å². The van der Waals surface area contributed by atoms with E-state index in [1.165, 1.54) is 11.3 Å². The van der Waals surface area contributed by atoms with Crippen molar-refractivity contribution in [3.8, 4) is 11.3 Å². The number of sulfone groups is 1. The molecule has 0 aliphatic carbocycles. The van der Waals surface area contributed by atoms with E-state index in [1.54, 1.807) is 0 Å². The average Bonchev–Trinajstić information content (AvgIpc) is 3.38. The third-order valence-corrected chi connectivity index (χ3v) is 8.13. The van der Waals surface area contributed by atoms with E-state index in [9.17, 15) is 13.2 Å². The Hall–Kier alpha value is -2.45. The minimum atomic E-state index is -2.95. The molecule has 1 amide bonds. The summed E-state index contributed by atoms with van der Waals surface area (Å²) in [5.41, 5.74) is 4.97. The summed E-state index contributed by atoms with van der Waals surface area (Å²) in [6.07, 6.45) is 0.902. The lowest BCUT2D eigenvalue weighted by Crippen LogP contribution is -2.24. The number of nitrogens with one attached hydrogen (secondary N) is 1. The van der Waals surface area contributed by atoms with Gasteiger partial charge in [-0.25, -0.2) is 13.4 Å². The molecule has 158 valence electrons. The number of benzene rings is 1. The standard InChI is InChI=1S/C22H25N3O3S2/c1-15-10-19(16(2)25(15)18-8-9-30(27,28)14-18)20-13-29-22(24-20)11-21(26)23-12-17-6-4-3-5-7-17/h3-7,10,13,18H,8-9,11-12,14H2,1-2H3,(H,23,26)/t18-/m0/s1. The molecule has 30 heavy (non-hydrogen) atoms. The molecule has 8 heteroatoms. The first-order valence-corrected chi connectivity index (χ1v) is 12.7. The number of hydrogen-bond acceptors (Lipinski definition) is 5. The van der Waals surface area contributed by atoms with Crippen LogP contribution in [0, 0.1) is 13.8 Å². The lowest BCUT2D eigenvalue weighted by Gasteiger charge is -2.16. The average molecular weight is 444 g/mol. The topological polar surface area (TPSA) is 81.1 Å². The fourth-order valence-electron chi connectivity index (χ4n) is 4.09. The smallest absolute Gasteiger partial charge is 0.227 e. The van der Waals surface area contributed by atoms with Crippen molar-refractivity contribution in [2.75, 3.05) is 11.5 Å². The molecular formula is C22H25N3O3S2. The molecular weight excluding hydrogens is 418 g/mol. The lowest BCUT2D eigenvalue weighted by atomic mass is 10.2.